The maximum absolute atomic E-state index is 12.5. The maximum atomic E-state index is 12.5. The number of carbonyl (C=O) groups is 1. The Labute approximate surface area is 112 Å². The number of rotatable bonds is 2. The molecular formula is C14H19N3O2. The third-order valence-corrected chi connectivity index (χ3v) is 3.87. The van der Waals surface area contributed by atoms with Gasteiger partial charge in [-0.2, -0.15) is 0 Å². The van der Waals surface area contributed by atoms with Crippen LogP contribution in [0.1, 0.15) is 36.0 Å². The SMILES string of the molecule is COc1nn(C)cc1C(=O)N1CCC(=C2CC2)CC1. The van der Waals surface area contributed by atoms with Gasteiger partial charge in [-0.25, -0.2) is 0 Å². The lowest BCUT2D eigenvalue weighted by molar-refractivity contribution is 0.0740. The summed E-state index contributed by atoms with van der Waals surface area (Å²) < 4.78 is 6.78. The second kappa shape index (κ2) is 4.72. The van der Waals surface area contributed by atoms with Crippen molar-refractivity contribution in [2.45, 2.75) is 25.7 Å². The van der Waals surface area contributed by atoms with Gasteiger partial charge in [0, 0.05) is 26.3 Å². The molecule has 1 aromatic rings. The van der Waals surface area contributed by atoms with Gasteiger partial charge in [0.1, 0.15) is 5.56 Å². The van der Waals surface area contributed by atoms with Crippen LogP contribution < -0.4 is 4.74 Å². The van der Waals surface area contributed by atoms with Crippen molar-refractivity contribution >= 4 is 5.91 Å². The largest absolute Gasteiger partial charge is 0.479 e. The van der Waals surface area contributed by atoms with Crippen LogP contribution in [0.25, 0.3) is 0 Å². The number of ether oxygens (including phenoxy) is 1. The number of likely N-dealkylation sites (tertiary alicyclic amines) is 1. The van der Waals surface area contributed by atoms with E-state index in [-0.39, 0.29) is 5.91 Å². The minimum Gasteiger partial charge on any atom is -0.479 e. The van der Waals surface area contributed by atoms with Gasteiger partial charge in [-0.15, -0.1) is 5.10 Å². The summed E-state index contributed by atoms with van der Waals surface area (Å²) in [7, 11) is 3.34. The molecule has 1 saturated carbocycles. The first kappa shape index (κ1) is 12.3. The van der Waals surface area contributed by atoms with Crippen LogP contribution in [-0.4, -0.2) is 40.8 Å². The summed E-state index contributed by atoms with van der Waals surface area (Å²) in [5, 5.41) is 4.14. The quantitative estimate of drug-likeness (QED) is 0.762. The van der Waals surface area contributed by atoms with Crippen LogP contribution in [0.5, 0.6) is 5.88 Å². The van der Waals surface area contributed by atoms with E-state index in [1.165, 1.54) is 12.8 Å². The third-order valence-electron chi connectivity index (χ3n) is 3.87. The summed E-state index contributed by atoms with van der Waals surface area (Å²) in [6, 6.07) is 0. The molecule has 0 unspecified atom stereocenters. The number of allylic oxidation sites excluding steroid dienone is 1. The van der Waals surface area contributed by atoms with Crippen molar-refractivity contribution in [2.24, 2.45) is 7.05 Å². The van der Waals surface area contributed by atoms with Gasteiger partial charge in [-0.3, -0.25) is 9.48 Å². The third kappa shape index (κ3) is 2.37. The Hall–Kier alpha value is -1.78. The summed E-state index contributed by atoms with van der Waals surface area (Å²) >= 11 is 0. The number of aryl methyl sites for hydroxylation is 1. The number of carbonyl (C=O) groups excluding carboxylic acids is 1. The first-order chi connectivity index (χ1) is 9.19. The van der Waals surface area contributed by atoms with Gasteiger partial charge in [0.2, 0.25) is 5.88 Å². The maximum Gasteiger partial charge on any atom is 0.260 e. The monoisotopic (exact) mass is 261 g/mol. The highest BCUT2D eigenvalue weighted by molar-refractivity contribution is 5.96. The highest BCUT2D eigenvalue weighted by atomic mass is 16.5. The molecule has 5 heteroatoms. The van der Waals surface area contributed by atoms with Crippen molar-refractivity contribution in [3.63, 3.8) is 0 Å². The highest BCUT2D eigenvalue weighted by Gasteiger charge is 2.27. The molecule has 0 bridgehead atoms. The van der Waals surface area contributed by atoms with Crippen LogP contribution in [-0.2, 0) is 7.05 Å². The van der Waals surface area contributed by atoms with Gasteiger partial charge in [-0.1, -0.05) is 11.1 Å². The predicted octanol–water partition coefficient (Wildman–Crippen LogP) is 1.76. The van der Waals surface area contributed by atoms with Gasteiger partial charge in [0.15, 0.2) is 0 Å². The summed E-state index contributed by atoms with van der Waals surface area (Å²) in [6.07, 6.45) is 6.35. The van der Waals surface area contributed by atoms with Crippen LogP contribution in [0.2, 0.25) is 0 Å². The number of piperidine rings is 1. The van der Waals surface area contributed by atoms with Crippen molar-refractivity contribution in [1.29, 1.82) is 0 Å². The molecule has 1 amide bonds. The second-order valence-electron chi connectivity index (χ2n) is 5.23. The Morgan fingerprint density at radius 2 is 1.84 bits per heavy atom. The van der Waals surface area contributed by atoms with Crippen LogP contribution >= 0.6 is 0 Å². The molecular weight excluding hydrogens is 242 g/mol. The molecule has 1 aliphatic carbocycles. The first-order valence-electron chi connectivity index (χ1n) is 6.75. The summed E-state index contributed by atoms with van der Waals surface area (Å²) in [5.74, 6) is 0.448. The van der Waals surface area contributed by atoms with Crippen molar-refractivity contribution < 1.29 is 9.53 Å². The molecule has 0 atom stereocenters. The zero-order chi connectivity index (χ0) is 13.4. The van der Waals surface area contributed by atoms with Crippen LogP contribution in [0.3, 0.4) is 0 Å². The fraction of sp³-hybridized carbons (Fsp3) is 0.571. The van der Waals surface area contributed by atoms with Crippen LogP contribution in [0, 0.1) is 0 Å². The number of hydrogen-bond donors (Lipinski definition) is 0. The number of hydrogen-bond acceptors (Lipinski definition) is 3. The molecule has 1 aromatic heterocycles. The second-order valence-corrected chi connectivity index (χ2v) is 5.23. The van der Waals surface area contributed by atoms with Crippen LogP contribution in [0.15, 0.2) is 17.3 Å². The van der Waals surface area contributed by atoms with E-state index in [0.29, 0.717) is 11.4 Å². The number of amides is 1. The van der Waals surface area contributed by atoms with E-state index in [1.54, 1.807) is 36.2 Å². The average molecular weight is 261 g/mol. The minimum atomic E-state index is 0.0322. The highest BCUT2D eigenvalue weighted by Crippen LogP contribution is 2.36. The van der Waals surface area contributed by atoms with Crippen LogP contribution in [0.4, 0.5) is 0 Å². The summed E-state index contributed by atoms with van der Waals surface area (Å²) in [4.78, 5) is 14.4. The molecule has 102 valence electrons. The number of nitrogens with zero attached hydrogens (tertiary/aromatic N) is 3. The van der Waals surface area contributed by atoms with Gasteiger partial charge in [-0.05, 0) is 25.7 Å². The molecule has 2 heterocycles. The van der Waals surface area contributed by atoms with E-state index in [0.717, 1.165) is 25.9 Å². The Bertz CT molecular complexity index is 529. The molecule has 1 saturated heterocycles. The molecule has 0 N–H and O–H groups in total. The standard InChI is InChI=1S/C14H19N3O2/c1-16-9-12(13(15-16)19-2)14(18)17-7-5-11(6-8-17)10-3-4-10/h9H,3-8H2,1-2H3. The summed E-state index contributed by atoms with van der Waals surface area (Å²) in [5.41, 5.74) is 3.78. The normalized spacial score (nSPS) is 18.7. The van der Waals surface area contributed by atoms with E-state index >= 15 is 0 Å². The van der Waals surface area contributed by atoms with E-state index < -0.39 is 0 Å². The Kier molecular flexibility index (Phi) is 3.05. The molecule has 0 spiro atoms. The average Bonchev–Trinajstić information content (AvgIpc) is 3.21. The van der Waals surface area contributed by atoms with Crippen molar-refractivity contribution in [1.82, 2.24) is 14.7 Å². The van der Waals surface area contributed by atoms with E-state index in [4.69, 9.17) is 4.74 Å². The summed E-state index contributed by atoms with van der Waals surface area (Å²) in [6.45, 7) is 1.63. The first-order valence-corrected chi connectivity index (χ1v) is 6.75. The van der Waals surface area contributed by atoms with Crippen molar-refractivity contribution in [3.8, 4) is 5.88 Å². The van der Waals surface area contributed by atoms with Gasteiger partial charge < -0.3 is 9.64 Å². The molecule has 5 nitrogen and oxygen atoms in total. The van der Waals surface area contributed by atoms with Crippen molar-refractivity contribution in [2.75, 3.05) is 20.2 Å². The molecule has 3 rings (SSSR count). The molecule has 2 fully saturated rings. The fourth-order valence-electron chi connectivity index (χ4n) is 2.69. The number of methoxy groups -OCH3 is 1. The van der Waals surface area contributed by atoms with Gasteiger partial charge in [0.25, 0.3) is 5.91 Å². The van der Waals surface area contributed by atoms with E-state index in [1.807, 2.05) is 4.90 Å². The lowest BCUT2D eigenvalue weighted by Gasteiger charge is -2.28. The topological polar surface area (TPSA) is 47.4 Å². The predicted molar refractivity (Wildman–Crippen MR) is 71.2 cm³/mol. The molecule has 2 aliphatic rings. The minimum absolute atomic E-state index is 0.0322. The molecule has 0 radical (unpaired) electrons. The van der Waals surface area contributed by atoms with Crippen molar-refractivity contribution in [3.05, 3.63) is 22.9 Å². The Morgan fingerprint density at radius 1 is 1.21 bits per heavy atom. The molecule has 19 heavy (non-hydrogen) atoms. The zero-order valence-corrected chi connectivity index (χ0v) is 11.5. The van der Waals surface area contributed by atoms with E-state index in [9.17, 15) is 4.79 Å². The van der Waals surface area contributed by atoms with E-state index in [2.05, 4.69) is 5.10 Å². The fourth-order valence-corrected chi connectivity index (χ4v) is 2.69. The van der Waals surface area contributed by atoms with Gasteiger partial charge in [0.05, 0.1) is 7.11 Å². The molecule has 1 aliphatic heterocycles. The lowest BCUT2D eigenvalue weighted by Crippen LogP contribution is -2.36. The Morgan fingerprint density at radius 3 is 2.42 bits per heavy atom. The molecule has 0 aromatic carbocycles. The lowest BCUT2D eigenvalue weighted by atomic mass is 10.0. The Balaban J connectivity index is 1.72. The number of aromatic nitrogens is 2. The smallest absolute Gasteiger partial charge is 0.260 e. The van der Waals surface area contributed by atoms with Gasteiger partial charge >= 0.3 is 0 Å². The zero-order valence-electron chi connectivity index (χ0n) is 11.5.